The summed E-state index contributed by atoms with van der Waals surface area (Å²) in [5, 5.41) is 10.5. The minimum atomic E-state index is -1.81. The number of guanidine groups is 1. The number of ether oxygens (including phenoxy) is 3. The second-order valence-corrected chi connectivity index (χ2v) is 22.8. The molecule has 12 heteroatoms. The van der Waals surface area contributed by atoms with E-state index in [0.29, 0.717) is 78.7 Å². The Bertz CT molecular complexity index is 689. The highest BCUT2D eigenvalue weighted by Gasteiger charge is 2.37. The van der Waals surface area contributed by atoms with Gasteiger partial charge in [0, 0.05) is 19.6 Å². The van der Waals surface area contributed by atoms with E-state index in [4.69, 9.17) is 34.2 Å². The number of hydrogen-bond donors (Lipinski definition) is 3. The van der Waals surface area contributed by atoms with Gasteiger partial charge in [0.1, 0.15) is 6.04 Å². The zero-order valence-corrected chi connectivity index (χ0v) is 29.5. The van der Waals surface area contributed by atoms with Crippen molar-refractivity contribution in [2.24, 2.45) is 5.73 Å². The molecular formula is C28H62N4O6Si2. The summed E-state index contributed by atoms with van der Waals surface area (Å²) in [6.45, 7) is 29.1. The highest BCUT2D eigenvalue weighted by atomic mass is 28.4. The molecule has 0 fully saturated rings. The average Bonchev–Trinajstić information content (AvgIpc) is 2.80. The topological polar surface area (TPSA) is 128 Å². The summed E-state index contributed by atoms with van der Waals surface area (Å²) in [6.07, 6.45) is 1.24. The van der Waals surface area contributed by atoms with Crippen molar-refractivity contribution in [3.05, 3.63) is 0 Å². The zero-order chi connectivity index (χ0) is 31.0. The number of nitrogens with zero attached hydrogens (tertiary/aromatic N) is 1. The third-order valence-corrected chi connectivity index (χ3v) is 17.1. The number of carbonyl (C=O) groups is 1. The van der Waals surface area contributed by atoms with Gasteiger partial charge in [0.15, 0.2) is 22.6 Å². The van der Waals surface area contributed by atoms with Crippen LogP contribution in [0.3, 0.4) is 0 Å². The van der Waals surface area contributed by atoms with E-state index in [0.717, 1.165) is 0 Å². The first-order valence-electron chi connectivity index (χ1n) is 14.8. The van der Waals surface area contributed by atoms with Crippen LogP contribution in [0.25, 0.3) is 0 Å². The lowest BCUT2D eigenvalue weighted by molar-refractivity contribution is -0.150. The molecule has 0 amide bonds. The molecule has 0 aromatic carbocycles. The number of carbonyl (C=O) groups excluding carboxylic acids is 1. The van der Waals surface area contributed by atoms with Gasteiger partial charge in [-0.1, -0.05) is 41.5 Å². The number of hydrogen-bond acceptors (Lipinski definition) is 8. The van der Waals surface area contributed by atoms with E-state index in [1.807, 2.05) is 6.92 Å². The van der Waals surface area contributed by atoms with Crippen molar-refractivity contribution in [3.63, 3.8) is 0 Å². The van der Waals surface area contributed by atoms with Gasteiger partial charge in [-0.05, 0) is 56.0 Å². The molecule has 0 aromatic rings. The Morgan fingerprint density at radius 2 is 1.30 bits per heavy atom. The van der Waals surface area contributed by atoms with Crippen molar-refractivity contribution in [1.29, 1.82) is 5.41 Å². The highest BCUT2D eigenvalue weighted by molar-refractivity contribution is 6.74. The van der Waals surface area contributed by atoms with Crippen molar-refractivity contribution in [2.75, 3.05) is 65.9 Å². The van der Waals surface area contributed by atoms with Gasteiger partial charge in [-0.3, -0.25) is 15.1 Å². The van der Waals surface area contributed by atoms with Gasteiger partial charge >= 0.3 is 5.97 Å². The lowest BCUT2D eigenvalue weighted by atomic mass is 10.1. The molecule has 0 unspecified atom stereocenters. The van der Waals surface area contributed by atoms with E-state index < -0.39 is 22.7 Å². The molecule has 0 aliphatic carbocycles. The fraction of sp³-hybridized carbons (Fsp3) is 0.929. The number of rotatable bonds is 21. The lowest BCUT2D eigenvalue weighted by Gasteiger charge is -2.36. The molecule has 1 atom stereocenters. The van der Waals surface area contributed by atoms with Gasteiger partial charge in [0.25, 0.3) is 0 Å². The molecular weight excluding hydrogens is 545 g/mol. The van der Waals surface area contributed by atoms with Crippen molar-refractivity contribution in [2.45, 2.75) is 104 Å². The second-order valence-electron chi connectivity index (χ2n) is 13.2. The SMILES string of the molecule is CCOC(=O)[C@H](CCCNC(=N)N)N(CCOCCO[Si](C)(C)C(C)(C)C)CCOCCO[Si](C)(C)C(C)(C)C. The zero-order valence-electron chi connectivity index (χ0n) is 27.5. The van der Waals surface area contributed by atoms with Crippen molar-refractivity contribution < 1.29 is 27.9 Å². The Labute approximate surface area is 247 Å². The van der Waals surface area contributed by atoms with Gasteiger partial charge in [0.2, 0.25) is 0 Å². The Hall–Kier alpha value is -1.03. The molecule has 40 heavy (non-hydrogen) atoms. The number of esters is 1. The third-order valence-electron chi connectivity index (χ3n) is 8.01. The van der Waals surface area contributed by atoms with Gasteiger partial charge < -0.3 is 34.1 Å². The van der Waals surface area contributed by atoms with Crippen LogP contribution < -0.4 is 11.1 Å². The van der Waals surface area contributed by atoms with Crippen LogP contribution in [0.5, 0.6) is 0 Å². The molecule has 0 radical (unpaired) electrons. The van der Waals surface area contributed by atoms with Gasteiger partial charge in [-0.2, -0.15) is 0 Å². The Morgan fingerprint density at radius 3 is 1.68 bits per heavy atom. The van der Waals surface area contributed by atoms with Crippen LogP contribution >= 0.6 is 0 Å². The fourth-order valence-corrected chi connectivity index (χ4v) is 5.40. The normalized spacial score (nSPS) is 13.9. The number of nitrogens with two attached hydrogens (primary N) is 1. The van der Waals surface area contributed by atoms with Crippen LogP contribution in [-0.4, -0.2) is 105 Å². The van der Waals surface area contributed by atoms with Gasteiger partial charge in [-0.25, -0.2) is 0 Å². The number of nitrogens with one attached hydrogen (secondary N) is 2. The molecule has 0 aliphatic rings. The maximum Gasteiger partial charge on any atom is 0.323 e. The molecule has 4 N–H and O–H groups in total. The van der Waals surface area contributed by atoms with Crippen LogP contribution in [0, 0.1) is 5.41 Å². The van der Waals surface area contributed by atoms with Crippen LogP contribution in [0.4, 0.5) is 0 Å². The minimum Gasteiger partial charge on any atom is -0.465 e. The monoisotopic (exact) mass is 606 g/mol. The Kier molecular flexibility index (Phi) is 18.0. The molecule has 0 rings (SSSR count). The first-order chi connectivity index (χ1) is 18.4. The molecule has 0 spiro atoms. The molecule has 238 valence electrons. The van der Waals surface area contributed by atoms with Crippen molar-refractivity contribution in [3.8, 4) is 0 Å². The summed E-state index contributed by atoms with van der Waals surface area (Å²) in [6, 6.07) is -0.437. The maximum atomic E-state index is 12.9. The highest BCUT2D eigenvalue weighted by Crippen LogP contribution is 2.37. The van der Waals surface area contributed by atoms with Crippen LogP contribution in [0.15, 0.2) is 0 Å². The first kappa shape index (κ1) is 39.0. The second kappa shape index (κ2) is 18.5. The maximum absolute atomic E-state index is 12.9. The third kappa shape index (κ3) is 15.8. The van der Waals surface area contributed by atoms with Crippen LogP contribution in [-0.2, 0) is 27.9 Å². The molecule has 0 saturated carbocycles. The molecule has 10 nitrogen and oxygen atoms in total. The minimum absolute atomic E-state index is 0.0776. The smallest absolute Gasteiger partial charge is 0.323 e. The summed E-state index contributed by atoms with van der Waals surface area (Å²) in [4.78, 5) is 15.0. The van der Waals surface area contributed by atoms with E-state index in [9.17, 15) is 4.79 Å². The lowest BCUT2D eigenvalue weighted by Crippen LogP contribution is -2.46. The molecule has 0 bridgehead atoms. The van der Waals surface area contributed by atoms with Crippen LogP contribution in [0.2, 0.25) is 36.3 Å². The Balaban J connectivity index is 5.05. The molecule has 0 heterocycles. The molecule has 0 saturated heterocycles. The average molecular weight is 607 g/mol. The summed E-state index contributed by atoms with van der Waals surface area (Å²) < 4.78 is 29.7. The van der Waals surface area contributed by atoms with E-state index in [2.05, 4.69) is 77.9 Å². The van der Waals surface area contributed by atoms with Crippen molar-refractivity contribution >= 4 is 28.6 Å². The van der Waals surface area contributed by atoms with Crippen LogP contribution in [0.1, 0.15) is 61.3 Å². The fourth-order valence-electron chi connectivity index (χ4n) is 3.34. The summed E-state index contributed by atoms with van der Waals surface area (Å²) >= 11 is 0. The summed E-state index contributed by atoms with van der Waals surface area (Å²) in [5.41, 5.74) is 5.41. The van der Waals surface area contributed by atoms with Crippen molar-refractivity contribution in [1.82, 2.24) is 10.2 Å². The van der Waals surface area contributed by atoms with E-state index in [1.165, 1.54) is 0 Å². The van der Waals surface area contributed by atoms with E-state index in [-0.39, 0.29) is 22.0 Å². The quantitative estimate of drug-likeness (QED) is 0.0566. The van der Waals surface area contributed by atoms with E-state index in [1.54, 1.807) is 0 Å². The summed E-state index contributed by atoms with van der Waals surface area (Å²) in [5.74, 6) is -0.334. The van der Waals surface area contributed by atoms with Gasteiger partial charge in [0.05, 0.1) is 46.2 Å². The summed E-state index contributed by atoms with van der Waals surface area (Å²) in [7, 11) is -3.63. The van der Waals surface area contributed by atoms with Gasteiger partial charge in [-0.15, -0.1) is 0 Å². The largest absolute Gasteiger partial charge is 0.465 e. The predicted octanol–water partition coefficient (Wildman–Crippen LogP) is 4.56. The molecule has 0 aliphatic heterocycles. The van der Waals surface area contributed by atoms with E-state index >= 15 is 0 Å². The standard InChI is InChI=1S/C28H62N4O6Si2/c1-12-36-25(33)24(14-13-15-31-26(29)30)32(16-18-34-20-22-37-39(8,9)27(2,3)4)17-19-35-21-23-38-40(10,11)28(5,6)7/h24H,12-23H2,1-11H3,(H4,29,30,31)/t24-/m0/s1. The Morgan fingerprint density at radius 1 is 0.850 bits per heavy atom. The molecule has 0 aromatic heterocycles. The predicted molar refractivity (Wildman–Crippen MR) is 169 cm³/mol. The first-order valence-corrected chi connectivity index (χ1v) is 20.6.